The summed E-state index contributed by atoms with van der Waals surface area (Å²) in [5.74, 6) is -0.184. The summed E-state index contributed by atoms with van der Waals surface area (Å²) in [6.07, 6.45) is 2.42. The van der Waals surface area contributed by atoms with Crippen molar-refractivity contribution in [2.24, 2.45) is 5.92 Å². The van der Waals surface area contributed by atoms with Gasteiger partial charge in [-0.3, -0.25) is 14.6 Å². The number of benzene rings is 1. The average Bonchev–Trinajstić information content (AvgIpc) is 2.60. The van der Waals surface area contributed by atoms with Gasteiger partial charge in [0.1, 0.15) is 5.69 Å². The number of aryl methyl sites for hydroxylation is 1. The largest absolute Gasteiger partial charge is 0.350 e. The Balaban J connectivity index is 2.06. The SMILES string of the molecule is CCc1ccc(NC(=O)c2ccnc(C(=O)NCC(C)C)c2)cc1. The van der Waals surface area contributed by atoms with Crippen molar-refractivity contribution >= 4 is 17.5 Å². The van der Waals surface area contributed by atoms with Crippen LogP contribution in [0.2, 0.25) is 0 Å². The van der Waals surface area contributed by atoms with Gasteiger partial charge in [0.05, 0.1) is 0 Å². The maximum absolute atomic E-state index is 12.3. The van der Waals surface area contributed by atoms with Gasteiger partial charge in [0, 0.05) is 24.0 Å². The number of aromatic nitrogens is 1. The van der Waals surface area contributed by atoms with Crippen molar-refractivity contribution in [2.75, 3.05) is 11.9 Å². The Bertz CT molecular complexity index is 709. The van der Waals surface area contributed by atoms with E-state index in [1.165, 1.54) is 17.8 Å². The molecule has 0 radical (unpaired) electrons. The Kier molecular flexibility index (Phi) is 6.07. The molecule has 2 N–H and O–H groups in total. The quantitative estimate of drug-likeness (QED) is 0.856. The fourth-order valence-electron chi connectivity index (χ4n) is 2.11. The topological polar surface area (TPSA) is 71.1 Å². The molecule has 0 spiro atoms. The molecule has 0 aliphatic carbocycles. The number of pyridine rings is 1. The maximum Gasteiger partial charge on any atom is 0.269 e. The van der Waals surface area contributed by atoms with Crippen LogP contribution in [-0.2, 0) is 6.42 Å². The fourth-order valence-corrected chi connectivity index (χ4v) is 2.11. The van der Waals surface area contributed by atoms with Crippen LogP contribution in [0, 0.1) is 5.92 Å². The highest BCUT2D eigenvalue weighted by atomic mass is 16.2. The lowest BCUT2D eigenvalue weighted by atomic mass is 10.1. The van der Waals surface area contributed by atoms with Crippen molar-refractivity contribution in [3.8, 4) is 0 Å². The molecule has 0 saturated heterocycles. The van der Waals surface area contributed by atoms with E-state index in [-0.39, 0.29) is 17.5 Å². The second-order valence-electron chi connectivity index (χ2n) is 6.04. The van der Waals surface area contributed by atoms with Crippen LogP contribution in [0.3, 0.4) is 0 Å². The smallest absolute Gasteiger partial charge is 0.269 e. The summed E-state index contributed by atoms with van der Waals surface area (Å²) in [7, 11) is 0. The number of anilines is 1. The average molecular weight is 325 g/mol. The van der Waals surface area contributed by atoms with Crippen LogP contribution in [0.15, 0.2) is 42.6 Å². The molecule has 1 heterocycles. The number of carbonyl (C=O) groups is 2. The predicted molar refractivity (Wildman–Crippen MR) is 95.2 cm³/mol. The van der Waals surface area contributed by atoms with Gasteiger partial charge in [0.25, 0.3) is 11.8 Å². The summed E-state index contributed by atoms with van der Waals surface area (Å²) in [5.41, 5.74) is 2.57. The third-order valence-electron chi connectivity index (χ3n) is 3.55. The van der Waals surface area contributed by atoms with Crippen LogP contribution in [-0.4, -0.2) is 23.3 Å². The molecule has 1 aromatic carbocycles. The summed E-state index contributed by atoms with van der Waals surface area (Å²) in [5, 5.41) is 5.62. The monoisotopic (exact) mass is 325 g/mol. The summed E-state index contributed by atoms with van der Waals surface area (Å²) in [4.78, 5) is 28.4. The Labute approximate surface area is 142 Å². The zero-order valence-corrected chi connectivity index (χ0v) is 14.3. The minimum atomic E-state index is -0.273. The van der Waals surface area contributed by atoms with E-state index in [1.54, 1.807) is 6.07 Å². The van der Waals surface area contributed by atoms with Crippen molar-refractivity contribution in [2.45, 2.75) is 27.2 Å². The molecular formula is C19H23N3O2. The summed E-state index contributed by atoms with van der Waals surface area (Å²) < 4.78 is 0. The van der Waals surface area contributed by atoms with E-state index in [2.05, 4.69) is 22.5 Å². The van der Waals surface area contributed by atoms with E-state index in [0.29, 0.717) is 18.0 Å². The van der Waals surface area contributed by atoms with E-state index < -0.39 is 0 Å². The molecule has 2 amide bonds. The molecule has 0 atom stereocenters. The van der Waals surface area contributed by atoms with Crippen LogP contribution >= 0.6 is 0 Å². The minimum Gasteiger partial charge on any atom is -0.350 e. The zero-order valence-electron chi connectivity index (χ0n) is 14.3. The first-order chi connectivity index (χ1) is 11.5. The Morgan fingerprint density at radius 1 is 1.08 bits per heavy atom. The van der Waals surface area contributed by atoms with Gasteiger partial charge in [-0.2, -0.15) is 0 Å². The van der Waals surface area contributed by atoms with E-state index in [1.807, 2.05) is 38.1 Å². The number of rotatable bonds is 6. The highest BCUT2D eigenvalue weighted by molar-refractivity contribution is 6.05. The van der Waals surface area contributed by atoms with Gasteiger partial charge in [0.2, 0.25) is 0 Å². The molecule has 5 heteroatoms. The molecule has 0 bridgehead atoms. The van der Waals surface area contributed by atoms with Crippen molar-refractivity contribution in [3.63, 3.8) is 0 Å². The number of nitrogens with zero attached hydrogens (tertiary/aromatic N) is 1. The number of nitrogens with one attached hydrogen (secondary N) is 2. The fraction of sp³-hybridized carbons (Fsp3) is 0.316. The lowest BCUT2D eigenvalue weighted by molar-refractivity contribution is 0.0944. The van der Waals surface area contributed by atoms with Gasteiger partial charge >= 0.3 is 0 Å². The molecule has 0 aliphatic heterocycles. The molecule has 0 fully saturated rings. The Morgan fingerprint density at radius 3 is 2.42 bits per heavy atom. The van der Waals surface area contributed by atoms with Gasteiger partial charge < -0.3 is 10.6 Å². The van der Waals surface area contributed by atoms with Crippen LogP contribution < -0.4 is 10.6 Å². The first-order valence-corrected chi connectivity index (χ1v) is 8.14. The minimum absolute atomic E-state index is 0.240. The van der Waals surface area contributed by atoms with Crippen molar-refractivity contribution in [1.82, 2.24) is 10.3 Å². The van der Waals surface area contributed by atoms with Crippen LogP contribution in [0.1, 0.15) is 47.2 Å². The molecule has 2 rings (SSSR count). The molecule has 1 aromatic heterocycles. The standard InChI is InChI=1S/C19H23N3O2/c1-4-14-5-7-16(8-6-14)22-18(23)15-9-10-20-17(11-15)19(24)21-12-13(2)3/h5-11,13H,4,12H2,1-3H3,(H,21,24)(H,22,23). The molecule has 5 nitrogen and oxygen atoms in total. The second-order valence-corrected chi connectivity index (χ2v) is 6.04. The molecular weight excluding hydrogens is 302 g/mol. The highest BCUT2D eigenvalue weighted by Gasteiger charge is 2.12. The number of hydrogen-bond donors (Lipinski definition) is 2. The summed E-state index contributed by atoms with van der Waals surface area (Å²) in [6.45, 7) is 6.68. The first kappa shape index (κ1) is 17.7. The summed E-state index contributed by atoms with van der Waals surface area (Å²) in [6, 6.07) is 10.8. The van der Waals surface area contributed by atoms with Crippen molar-refractivity contribution < 1.29 is 9.59 Å². The number of amides is 2. The lowest BCUT2D eigenvalue weighted by Crippen LogP contribution is -2.28. The van der Waals surface area contributed by atoms with Crippen LogP contribution in [0.25, 0.3) is 0 Å². The lowest BCUT2D eigenvalue weighted by Gasteiger charge is -2.09. The number of hydrogen-bond acceptors (Lipinski definition) is 3. The van der Waals surface area contributed by atoms with Crippen LogP contribution in [0.4, 0.5) is 5.69 Å². The Hall–Kier alpha value is -2.69. The zero-order chi connectivity index (χ0) is 17.5. The van der Waals surface area contributed by atoms with E-state index in [9.17, 15) is 9.59 Å². The van der Waals surface area contributed by atoms with Gasteiger partial charge in [0.15, 0.2) is 0 Å². The molecule has 2 aromatic rings. The van der Waals surface area contributed by atoms with Crippen LogP contribution in [0.5, 0.6) is 0 Å². The van der Waals surface area contributed by atoms with E-state index in [0.717, 1.165) is 12.1 Å². The van der Waals surface area contributed by atoms with E-state index >= 15 is 0 Å². The third-order valence-corrected chi connectivity index (χ3v) is 3.55. The predicted octanol–water partition coefficient (Wildman–Crippen LogP) is 3.28. The molecule has 126 valence electrons. The van der Waals surface area contributed by atoms with Gasteiger partial charge in [-0.05, 0) is 42.2 Å². The summed E-state index contributed by atoms with van der Waals surface area (Å²) >= 11 is 0. The highest BCUT2D eigenvalue weighted by Crippen LogP contribution is 2.12. The first-order valence-electron chi connectivity index (χ1n) is 8.14. The molecule has 0 unspecified atom stereocenters. The normalized spacial score (nSPS) is 10.5. The van der Waals surface area contributed by atoms with Gasteiger partial charge in [-0.15, -0.1) is 0 Å². The third kappa shape index (κ3) is 4.91. The van der Waals surface area contributed by atoms with Gasteiger partial charge in [-0.1, -0.05) is 32.9 Å². The van der Waals surface area contributed by atoms with Crippen molar-refractivity contribution in [3.05, 3.63) is 59.4 Å². The second kappa shape index (κ2) is 8.24. The molecule has 0 saturated carbocycles. The van der Waals surface area contributed by atoms with Gasteiger partial charge in [-0.25, -0.2) is 0 Å². The van der Waals surface area contributed by atoms with E-state index in [4.69, 9.17) is 0 Å². The molecule has 24 heavy (non-hydrogen) atoms. The Morgan fingerprint density at radius 2 is 1.79 bits per heavy atom. The molecule has 0 aliphatic rings. The van der Waals surface area contributed by atoms with Crippen molar-refractivity contribution in [1.29, 1.82) is 0 Å². The maximum atomic E-state index is 12.3. The number of carbonyl (C=O) groups excluding carboxylic acids is 2.